The molecule has 2 heteroatoms. The van der Waals surface area contributed by atoms with Crippen LogP contribution in [0, 0.1) is 5.92 Å². The van der Waals surface area contributed by atoms with Gasteiger partial charge in [0.25, 0.3) is 0 Å². The van der Waals surface area contributed by atoms with Crippen LogP contribution in [0.25, 0.3) is 0 Å². The molecule has 2 aliphatic rings. The van der Waals surface area contributed by atoms with Crippen LogP contribution in [0.2, 0.25) is 0 Å². The number of hydrogen-bond donors (Lipinski definition) is 1. The Bertz CT molecular complexity index is 199. The summed E-state index contributed by atoms with van der Waals surface area (Å²) in [4.78, 5) is 0. The van der Waals surface area contributed by atoms with Crippen molar-refractivity contribution in [1.29, 1.82) is 0 Å². The Balaban J connectivity index is 1.75. The molecule has 1 N–H and O–H groups in total. The van der Waals surface area contributed by atoms with Crippen LogP contribution < -0.4 is 5.32 Å². The lowest BCUT2D eigenvalue weighted by molar-refractivity contribution is -0.0265. The second kappa shape index (κ2) is 6.02. The van der Waals surface area contributed by atoms with Gasteiger partial charge in [0.05, 0.1) is 6.10 Å². The van der Waals surface area contributed by atoms with E-state index in [0.717, 1.165) is 12.6 Å². The Hall–Kier alpha value is -0.0800. The zero-order chi connectivity index (χ0) is 11.4. The van der Waals surface area contributed by atoms with Crippen LogP contribution in [0.3, 0.4) is 0 Å². The molecule has 0 amide bonds. The highest BCUT2D eigenvalue weighted by Gasteiger charge is 2.26. The Labute approximate surface area is 100 Å². The molecule has 2 rings (SSSR count). The Morgan fingerprint density at radius 1 is 1.00 bits per heavy atom. The van der Waals surface area contributed by atoms with Gasteiger partial charge in [0.1, 0.15) is 0 Å². The average Bonchev–Trinajstić information content (AvgIpc) is 2.30. The molecule has 16 heavy (non-hydrogen) atoms. The Morgan fingerprint density at radius 2 is 1.75 bits per heavy atom. The SMILES string of the molecule is CC(C)C1CC(NC2CCCCC2)CCO1. The lowest BCUT2D eigenvalue weighted by Gasteiger charge is -2.35. The minimum absolute atomic E-state index is 0.481. The highest BCUT2D eigenvalue weighted by molar-refractivity contribution is 4.83. The van der Waals surface area contributed by atoms with Crippen LogP contribution in [-0.2, 0) is 4.74 Å². The van der Waals surface area contributed by atoms with E-state index in [9.17, 15) is 0 Å². The normalized spacial score (nSPS) is 33.2. The topological polar surface area (TPSA) is 21.3 Å². The largest absolute Gasteiger partial charge is 0.378 e. The predicted octanol–water partition coefficient (Wildman–Crippen LogP) is 3.11. The fourth-order valence-corrected chi connectivity index (χ4v) is 3.05. The maximum absolute atomic E-state index is 5.82. The van der Waals surface area contributed by atoms with Gasteiger partial charge in [0.15, 0.2) is 0 Å². The van der Waals surface area contributed by atoms with Crippen molar-refractivity contribution >= 4 is 0 Å². The van der Waals surface area contributed by atoms with Gasteiger partial charge < -0.3 is 10.1 Å². The first-order valence-electron chi connectivity index (χ1n) is 7.13. The van der Waals surface area contributed by atoms with E-state index in [2.05, 4.69) is 19.2 Å². The summed E-state index contributed by atoms with van der Waals surface area (Å²) in [5.41, 5.74) is 0. The zero-order valence-electron chi connectivity index (χ0n) is 10.9. The second-order valence-corrected chi connectivity index (χ2v) is 5.88. The van der Waals surface area contributed by atoms with Crippen molar-refractivity contribution in [3.8, 4) is 0 Å². The van der Waals surface area contributed by atoms with E-state index in [1.807, 2.05) is 0 Å². The molecule has 1 heterocycles. The van der Waals surface area contributed by atoms with Gasteiger partial charge in [0, 0.05) is 18.7 Å². The quantitative estimate of drug-likeness (QED) is 0.797. The fourth-order valence-electron chi connectivity index (χ4n) is 3.05. The maximum Gasteiger partial charge on any atom is 0.0612 e. The fraction of sp³-hybridized carbons (Fsp3) is 1.00. The van der Waals surface area contributed by atoms with Crippen LogP contribution >= 0.6 is 0 Å². The molecule has 1 saturated heterocycles. The summed E-state index contributed by atoms with van der Waals surface area (Å²) in [7, 11) is 0. The lowest BCUT2D eigenvalue weighted by atomic mass is 9.91. The van der Waals surface area contributed by atoms with Gasteiger partial charge in [-0.05, 0) is 31.6 Å². The first-order valence-corrected chi connectivity index (χ1v) is 7.13. The van der Waals surface area contributed by atoms with E-state index in [0.29, 0.717) is 18.1 Å². The third kappa shape index (κ3) is 3.46. The molecular formula is C14H27NO. The maximum atomic E-state index is 5.82. The molecule has 0 spiro atoms. The number of ether oxygens (including phenoxy) is 1. The van der Waals surface area contributed by atoms with Crippen molar-refractivity contribution in [1.82, 2.24) is 5.32 Å². The molecule has 0 aromatic carbocycles. The summed E-state index contributed by atoms with van der Waals surface area (Å²) >= 11 is 0. The van der Waals surface area contributed by atoms with Crippen LogP contribution in [0.15, 0.2) is 0 Å². The van der Waals surface area contributed by atoms with Crippen molar-refractivity contribution in [3.05, 3.63) is 0 Å². The molecule has 0 aromatic heterocycles. The van der Waals surface area contributed by atoms with Crippen molar-refractivity contribution < 1.29 is 4.74 Å². The highest BCUT2D eigenvalue weighted by atomic mass is 16.5. The number of hydrogen-bond acceptors (Lipinski definition) is 2. The molecule has 1 saturated carbocycles. The van der Waals surface area contributed by atoms with Crippen LogP contribution in [-0.4, -0.2) is 24.8 Å². The summed E-state index contributed by atoms with van der Waals surface area (Å²) in [6.45, 7) is 5.49. The summed E-state index contributed by atoms with van der Waals surface area (Å²) < 4.78 is 5.82. The third-order valence-electron chi connectivity index (χ3n) is 4.14. The first kappa shape index (κ1) is 12.4. The van der Waals surface area contributed by atoms with Crippen molar-refractivity contribution in [3.63, 3.8) is 0 Å². The van der Waals surface area contributed by atoms with E-state index < -0.39 is 0 Å². The molecule has 1 aliphatic heterocycles. The van der Waals surface area contributed by atoms with E-state index >= 15 is 0 Å². The van der Waals surface area contributed by atoms with E-state index in [1.54, 1.807) is 0 Å². The molecular weight excluding hydrogens is 198 g/mol. The van der Waals surface area contributed by atoms with Crippen LogP contribution in [0.4, 0.5) is 0 Å². The summed E-state index contributed by atoms with van der Waals surface area (Å²) in [6.07, 6.45) is 9.99. The highest BCUT2D eigenvalue weighted by Crippen LogP contribution is 2.23. The molecule has 1 aliphatic carbocycles. The van der Waals surface area contributed by atoms with Gasteiger partial charge in [-0.15, -0.1) is 0 Å². The van der Waals surface area contributed by atoms with Gasteiger partial charge in [-0.25, -0.2) is 0 Å². The number of rotatable bonds is 3. The van der Waals surface area contributed by atoms with Crippen molar-refractivity contribution in [2.24, 2.45) is 5.92 Å². The van der Waals surface area contributed by atoms with Gasteiger partial charge in [-0.3, -0.25) is 0 Å². The second-order valence-electron chi connectivity index (χ2n) is 5.88. The molecule has 2 atom stereocenters. The predicted molar refractivity (Wildman–Crippen MR) is 67.6 cm³/mol. The number of nitrogens with one attached hydrogen (secondary N) is 1. The Morgan fingerprint density at radius 3 is 2.44 bits per heavy atom. The first-order chi connectivity index (χ1) is 7.75. The van der Waals surface area contributed by atoms with Crippen molar-refractivity contribution in [2.75, 3.05) is 6.61 Å². The molecule has 94 valence electrons. The Kier molecular flexibility index (Phi) is 4.66. The van der Waals surface area contributed by atoms with Gasteiger partial charge in [0.2, 0.25) is 0 Å². The molecule has 0 bridgehead atoms. The van der Waals surface area contributed by atoms with E-state index in [1.165, 1.54) is 44.9 Å². The third-order valence-corrected chi connectivity index (χ3v) is 4.14. The van der Waals surface area contributed by atoms with Crippen LogP contribution in [0.1, 0.15) is 58.8 Å². The zero-order valence-corrected chi connectivity index (χ0v) is 10.9. The minimum Gasteiger partial charge on any atom is -0.378 e. The van der Waals surface area contributed by atoms with E-state index in [-0.39, 0.29) is 0 Å². The van der Waals surface area contributed by atoms with Gasteiger partial charge >= 0.3 is 0 Å². The monoisotopic (exact) mass is 225 g/mol. The molecule has 2 nitrogen and oxygen atoms in total. The summed E-state index contributed by atoms with van der Waals surface area (Å²) in [5.74, 6) is 0.663. The lowest BCUT2D eigenvalue weighted by Crippen LogP contribution is -2.45. The summed E-state index contributed by atoms with van der Waals surface area (Å²) in [6, 6.07) is 1.51. The average molecular weight is 225 g/mol. The van der Waals surface area contributed by atoms with Gasteiger partial charge in [-0.1, -0.05) is 33.1 Å². The van der Waals surface area contributed by atoms with E-state index in [4.69, 9.17) is 4.74 Å². The van der Waals surface area contributed by atoms with Gasteiger partial charge in [-0.2, -0.15) is 0 Å². The molecule has 0 aromatic rings. The summed E-state index contributed by atoms with van der Waals surface area (Å²) in [5, 5.41) is 3.86. The molecule has 2 unspecified atom stereocenters. The van der Waals surface area contributed by atoms with Crippen molar-refractivity contribution in [2.45, 2.75) is 77.0 Å². The standard InChI is InChI=1S/C14H27NO/c1-11(2)14-10-13(8-9-16-14)15-12-6-4-3-5-7-12/h11-15H,3-10H2,1-2H3. The molecule has 0 radical (unpaired) electrons. The van der Waals surface area contributed by atoms with Crippen LogP contribution in [0.5, 0.6) is 0 Å². The molecule has 2 fully saturated rings. The minimum atomic E-state index is 0.481. The smallest absolute Gasteiger partial charge is 0.0612 e.